The number of hydrogen-bond donors (Lipinski definition) is 0. The molecule has 0 unspecified atom stereocenters. The zero-order chi connectivity index (χ0) is 14.8. The monoisotopic (exact) mass is 284 g/mol. The summed E-state index contributed by atoms with van der Waals surface area (Å²) >= 11 is 0. The molecular formula is C15H20N6. The zero-order valence-corrected chi connectivity index (χ0v) is 12.7. The van der Waals surface area contributed by atoms with Crippen molar-refractivity contribution in [1.29, 1.82) is 0 Å². The maximum absolute atomic E-state index is 4.53. The van der Waals surface area contributed by atoms with E-state index in [-0.39, 0.29) is 0 Å². The Labute approximate surface area is 124 Å². The van der Waals surface area contributed by atoms with Crippen LogP contribution >= 0.6 is 0 Å². The average molecular weight is 284 g/mol. The highest BCUT2D eigenvalue weighted by atomic mass is 15.4. The van der Waals surface area contributed by atoms with Crippen LogP contribution in [0.25, 0.3) is 0 Å². The van der Waals surface area contributed by atoms with Crippen molar-refractivity contribution in [2.45, 2.75) is 20.8 Å². The van der Waals surface area contributed by atoms with E-state index >= 15 is 0 Å². The van der Waals surface area contributed by atoms with Gasteiger partial charge in [0, 0.05) is 32.4 Å². The van der Waals surface area contributed by atoms with E-state index in [1.165, 1.54) is 5.56 Å². The number of aromatic nitrogens is 4. The van der Waals surface area contributed by atoms with Crippen molar-refractivity contribution < 1.29 is 0 Å². The van der Waals surface area contributed by atoms with E-state index in [4.69, 9.17) is 0 Å². The summed E-state index contributed by atoms with van der Waals surface area (Å²) < 4.78 is 0. The first kappa shape index (κ1) is 13.7. The molecule has 3 rings (SSSR count). The van der Waals surface area contributed by atoms with Crippen molar-refractivity contribution in [2.24, 2.45) is 0 Å². The lowest BCUT2D eigenvalue weighted by molar-refractivity contribution is 0.627. The van der Waals surface area contributed by atoms with Gasteiger partial charge in [-0.3, -0.25) is 0 Å². The lowest BCUT2D eigenvalue weighted by atomic mass is 10.2. The Morgan fingerprint density at radius 3 is 2.29 bits per heavy atom. The third-order valence-electron chi connectivity index (χ3n) is 3.87. The van der Waals surface area contributed by atoms with Crippen LogP contribution in [0.15, 0.2) is 18.3 Å². The van der Waals surface area contributed by atoms with E-state index in [1.807, 2.05) is 26.1 Å². The Bertz CT molecular complexity index is 634. The molecule has 0 spiro atoms. The summed E-state index contributed by atoms with van der Waals surface area (Å²) in [7, 11) is 0. The van der Waals surface area contributed by atoms with Gasteiger partial charge in [-0.05, 0) is 38.5 Å². The van der Waals surface area contributed by atoms with Crippen LogP contribution in [0.3, 0.4) is 0 Å². The van der Waals surface area contributed by atoms with E-state index in [0.717, 1.165) is 49.3 Å². The highest BCUT2D eigenvalue weighted by molar-refractivity contribution is 5.43. The first-order valence-electron chi connectivity index (χ1n) is 7.24. The molecule has 6 heteroatoms. The molecule has 6 nitrogen and oxygen atoms in total. The van der Waals surface area contributed by atoms with Crippen molar-refractivity contribution in [3.8, 4) is 0 Å². The summed E-state index contributed by atoms with van der Waals surface area (Å²) in [5, 5.41) is 8.37. The zero-order valence-electron chi connectivity index (χ0n) is 12.7. The fourth-order valence-electron chi connectivity index (χ4n) is 2.41. The van der Waals surface area contributed by atoms with Crippen LogP contribution in [0.4, 0.5) is 11.8 Å². The third-order valence-corrected chi connectivity index (χ3v) is 3.87. The van der Waals surface area contributed by atoms with E-state index in [9.17, 15) is 0 Å². The smallest absolute Gasteiger partial charge is 0.245 e. The number of hydrogen-bond acceptors (Lipinski definition) is 6. The van der Waals surface area contributed by atoms with Crippen LogP contribution in [0.1, 0.15) is 17.0 Å². The Kier molecular flexibility index (Phi) is 3.68. The maximum Gasteiger partial charge on any atom is 0.245 e. The quantitative estimate of drug-likeness (QED) is 0.833. The highest BCUT2D eigenvalue weighted by Gasteiger charge is 2.20. The van der Waals surface area contributed by atoms with Gasteiger partial charge in [-0.15, -0.1) is 5.10 Å². The molecule has 2 aromatic rings. The molecule has 0 N–H and O–H groups in total. The minimum atomic E-state index is 0.731. The van der Waals surface area contributed by atoms with Gasteiger partial charge in [-0.25, -0.2) is 9.97 Å². The first-order chi connectivity index (χ1) is 10.1. The number of rotatable bonds is 2. The largest absolute Gasteiger partial charge is 0.353 e. The molecule has 1 aliphatic heterocycles. The number of anilines is 2. The summed E-state index contributed by atoms with van der Waals surface area (Å²) in [5.41, 5.74) is 3.08. The van der Waals surface area contributed by atoms with E-state index in [1.54, 1.807) is 0 Å². The van der Waals surface area contributed by atoms with Crippen molar-refractivity contribution in [3.63, 3.8) is 0 Å². The SMILES string of the molecule is Cc1ccnc(N2CCN(c3nnc(C)c(C)n3)CC2)c1. The van der Waals surface area contributed by atoms with Crippen LogP contribution < -0.4 is 9.80 Å². The van der Waals surface area contributed by atoms with Crippen molar-refractivity contribution in [3.05, 3.63) is 35.3 Å². The molecule has 0 atom stereocenters. The fraction of sp³-hybridized carbons (Fsp3) is 0.467. The Morgan fingerprint density at radius 2 is 1.62 bits per heavy atom. The Balaban J connectivity index is 1.68. The third kappa shape index (κ3) is 2.94. The van der Waals surface area contributed by atoms with Crippen LogP contribution in [0, 0.1) is 20.8 Å². The van der Waals surface area contributed by atoms with Gasteiger partial charge in [0.15, 0.2) is 0 Å². The van der Waals surface area contributed by atoms with E-state index in [2.05, 4.69) is 43.0 Å². The van der Waals surface area contributed by atoms with Gasteiger partial charge in [0.05, 0.1) is 11.4 Å². The topological polar surface area (TPSA) is 58.0 Å². The molecule has 21 heavy (non-hydrogen) atoms. The summed E-state index contributed by atoms with van der Waals surface area (Å²) in [6, 6.07) is 4.15. The number of piperazine rings is 1. The second-order valence-corrected chi connectivity index (χ2v) is 5.45. The molecule has 0 saturated carbocycles. The Hall–Kier alpha value is -2.24. The van der Waals surface area contributed by atoms with Gasteiger partial charge in [0.2, 0.25) is 5.95 Å². The molecule has 110 valence electrons. The molecule has 2 aromatic heterocycles. The van der Waals surface area contributed by atoms with E-state index < -0.39 is 0 Å². The van der Waals surface area contributed by atoms with Crippen LogP contribution in [0.5, 0.6) is 0 Å². The van der Waals surface area contributed by atoms with E-state index in [0.29, 0.717) is 0 Å². The lowest BCUT2D eigenvalue weighted by Crippen LogP contribution is -2.47. The summed E-state index contributed by atoms with van der Waals surface area (Å²) in [4.78, 5) is 13.5. The van der Waals surface area contributed by atoms with Gasteiger partial charge in [-0.1, -0.05) is 0 Å². The standard InChI is InChI=1S/C15H20N6/c1-11-4-5-16-14(10-11)20-6-8-21(9-7-20)15-17-12(2)13(3)18-19-15/h4-5,10H,6-9H2,1-3H3. The molecular weight excluding hydrogens is 264 g/mol. The summed E-state index contributed by atoms with van der Waals surface area (Å²) in [5.74, 6) is 1.78. The molecule has 0 aliphatic carbocycles. The van der Waals surface area contributed by atoms with Crippen molar-refractivity contribution >= 4 is 11.8 Å². The number of aryl methyl sites for hydroxylation is 3. The molecule has 1 saturated heterocycles. The fourth-order valence-corrected chi connectivity index (χ4v) is 2.41. The predicted octanol–water partition coefficient (Wildman–Crippen LogP) is 1.52. The number of pyridine rings is 1. The molecule has 0 aromatic carbocycles. The molecule has 1 fully saturated rings. The second kappa shape index (κ2) is 5.63. The molecule has 0 bridgehead atoms. The van der Waals surface area contributed by atoms with Crippen molar-refractivity contribution in [1.82, 2.24) is 20.2 Å². The van der Waals surface area contributed by atoms with Crippen LogP contribution in [-0.4, -0.2) is 46.3 Å². The maximum atomic E-state index is 4.53. The van der Waals surface area contributed by atoms with Gasteiger partial charge < -0.3 is 9.80 Å². The minimum Gasteiger partial charge on any atom is -0.353 e. The lowest BCUT2D eigenvalue weighted by Gasteiger charge is -2.35. The van der Waals surface area contributed by atoms with Gasteiger partial charge in [-0.2, -0.15) is 5.10 Å². The summed E-state index contributed by atoms with van der Waals surface area (Å²) in [6.07, 6.45) is 1.87. The number of nitrogens with zero attached hydrogens (tertiary/aromatic N) is 6. The molecule has 3 heterocycles. The Morgan fingerprint density at radius 1 is 0.905 bits per heavy atom. The van der Waals surface area contributed by atoms with Gasteiger partial charge in [0.25, 0.3) is 0 Å². The van der Waals surface area contributed by atoms with Gasteiger partial charge >= 0.3 is 0 Å². The highest BCUT2D eigenvalue weighted by Crippen LogP contribution is 2.17. The van der Waals surface area contributed by atoms with Crippen LogP contribution in [0.2, 0.25) is 0 Å². The van der Waals surface area contributed by atoms with Gasteiger partial charge in [0.1, 0.15) is 5.82 Å². The molecule has 1 aliphatic rings. The second-order valence-electron chi connectivity index (χ2n) is 5.45. The van der Waals surface area contributed by atoms with Crippen molar-refractivity contribution in [2.75, 3.05) is 36.0 Å². The normalized spacial score (nSPS) is 15.4. The van der Waals surface area contributed by atoms with Crippen LogP contribution in [-0.2, 0) is 0 Å². The average Bonchev–Trinajstić information content (AvgIpc) is 2.50. The summed E-state index contributed by atoms with van der Waals surface area (Å²) in [6.45, 7) is 9.62. The predicted molar refractivity (Wildman–Crippen MR) is 82.7 cm³/mol. The molecule has 0 amide bonds. The molecule has 0 radical (unpaired) electrons. The first-order valence-corrected chi connectivity index (χ1v) is 7.24. The minimum absolute atomic E-state index is 0.731.